The van der Waals surface area contributed by atoms with Gasteiger partial charge < -0.3 is 9.73 Å². The fraction of sp³-hybridized carbons (Fsp3) is 0.308. The minimum Gasteiger partial charge on any atom is -0.444 e. The summed E-state index contributed by atoms with van der Waals surface area (Å²) < 4.78 is 44.5. The minimum atomic E-state index is -4.42. The molecule has 1 aromatic carbocycles. The number of alkyl halides is 3. The third kappa shape index (κ3) is 3.53. The number of hydrogen-bond acceptors (Lipinski definition) is 3. The summed E-state index contributed by atoms with van der Waals surface area (Å²) in [4.78, 5) is 3.99. The fourth-order valence-corrected chi connectivity index (χ4v) is 2.03. The van der Waals surface area contributed by atoms with Gasteiger partial charge in [0, 0.05) is 16.6 Å². The summed E-state index contributed by atoms with van der Waals surface area (Å²) in [5.74, 6) is 1.06. The van der Waals surface area contributed by atoms with E-state index in [1.807, 2.05) is 6.92 Å². The maximum atomic E-state index is 12.9. The molecule has 0 unspecified atom stereocenters. The largest absolute Gasteiger partial charge is 0.444 e. The Morgan fingerprint density at radius 3 is 2.70 bits per heavy atom. The van der Waals surface area contributed by atoms with Crippen LogP contribution in [0.5, 0.6) is 0 Å². The number of anilines is 1. The molecule has 108 valence electrons. The van der Waals surface area contributed by atoms with Crippen molar-refractivity contribution in [3.63, 3.8) is 0 Å². The number of benzene rings is 1. The van der Waals surface area contributed by atoms with Crippen LogP contribution >= 0.6 is 15.9 Å². The van der Waals surface area contributed by atoms with Gasteiger partial charge in [0.25, 0.3) is 0 Å². The van der Waals surface area contributed by atoms with Crippen molar-refractivity contribution in [1.82, 2.24) is 4.98 Å². The van der Waals surface area contributed by atoms with E-state index < -0.39 is 11.7 Å². The Bertz CT molecular complexity index is 596. The van der Waals surface area contributed by atoms with Gasteiger partial charge in [-0.3, -0.25) is 0 Å². The molecule has 2 rings (SSSR count). The molecule has 0 amide bonds. The lowest BCUT2D eigenvalue weighted by atomic mass is 10.1. The van der Waals surface area contributed by atoms with Crippen molar-refractivity contribution in [2.24, 2.45) is 0 Å². The number of halogens is 4. The average Bonchev–Trinajstić information content (AvgIpc) is 2.84. The van der Waals surface area contributed by atoms with E-state index in [1.54, 1.807) is 12.3 Å². The molecule has 0 radical (unpaired) electrons. The van der Waals surface area contributed by atoms with E-state index in [4.69, 9.17) is 4.42 Å². The standard InChI is InChI=1S/C13H12BrF3N2O/c1-2-9-6-19-12(20-9)7-18-11-4-3-8(14)5-10(11)13(15,16)17/h3-6,18H,2,7H2,1H3. The Labute approximate surface area is 122 Å². The summed E-state index contributed by atoms with van der Waals surface area (Å²) in [6, 6.07) is 3.95. The van der Waals surface area contributed by atoms with Crippen LogP contribution in [0.1, 0.15) is 24.1 Å². The molecule has 1 heterocycles. The van der Waals surface area contributed by atoms with E-state index in [9.17, 15) is 13.2 Å². The SMILES string of the molecule is CCc1cnc(CNc2ccc(Br)cc2C(F)(F)F)o1. The Morgan fingerprint density at radius 2 is 2.10 bits per heavy atom. The van der Waals surface area contributed by atoms with Crippen LogP contribution < -0.4 is 5.32 Å². The number of rotatable bonds is 4. The van der Waals surface area contributed by atoms with Gasteiger partial charge in [-0.05, 0) is 18.2 Å². The summed E-state index contributed by atoms with van der Waals surface area (Å²) in [6.45, 7) is 2.01. The highest BCUT2D eigenvalue weighted by atomic mass is 79.9. The Kier molecular flexibility index (Phi) is 4.37. The van der Waals surface area contributed by atoms with Gasteiger partial charge in [-0.2, -0.15) is 13.2 Å². The molecule has 2 aromatic rings. The van der Waals surface area contributed by atoms with Crippen LogP contribution in [0.4, 0.5) is 18.9 Å². The number of hydrogen-bond donors (Lipinski definition) is 1. The molecular formula is C13H12BrF3N2O. The molecule has 0 aliphatic heterocycles. The number of oxazole rings is 1. The lowest BCUT2D eigenvalue weighted by Gasteiger charge is -2.14. The van der Waals surface area contributed by atoms with Crippen LogP contribution in [-0.4, -0.2) is 4.98 Å². The fourth-order valence-electron chi connectivity index (χ4n) is 1.67. The minimum absolute atomic E-state index is 0.00283. The van der Waals surface area contributed by atoms with E-state index in [0.717, 1.165) is 6.07 Å². The smallest absolute Gasteiger partial charge is 0.418 e. The molecule has 1 aromatic heterocycles. The van der Waals surface area contributed by atoms with Crippen LogP contribution in [0, 0.1) is 0 Å². The van der Waals surface area contributed by atoms with Crippen LogP contribution in [0.3, 0.4) is 0 Å². The summed E-state index contributed by atoms with van der Waals surface area (Å²) >= 11 is 3.04. The number of aryl methyl sites for hydroxylation is 1. The summed E-state index contributed by atoms with van der Waals surface area (Å²) in [6.07, 6.45) is -2.15. The molecule has 0 aliphatic carbocycles. The van der Waals surface area contributed by atoms with E-state index in [-0.39, 0.29) is 12.2 Å². The first-order chi connectivity index (χ1) is 9.40. The zero-order chi connectivity index (χ0) is 14.8. The van der Waals surface area contributed by atoms with E-state index in [1.165, 1.54) is 6.07 Å². The van der Waals surface area contributed by atoms with Crippen molar-refractivity contribution in [1.29, 1.82) is 0 Å². The topological polar surface area (TPSA) is 38.1 Å². The van der Waals surface area contributed by atoms with Gasteiger partial charge in [0.1, 0.15) is 5.76 Å². The van der Waals surface area contributed by atoms with Crippen LogP contribution in [-0.2, 0) is 19.1 Å². The van der Waals surface area contributed by atoms with Gasteiger partial charge in [0.2, 0.25) is 5.89 Å². The summed E-state index contributed by atoms with van der Waals surface area (Å²) in [7, 11) is 0. The number of nitrogens with one attached hydrogen (secondary N) is 1. The normalized spacial score (nSPS) is 11.7. The van der Waals surface area contributed by atoms with E-state index in [2.05, 4.69) is 26.2 Å². The zero-order valence-electron chi connectivity index (χ0n) is 10.6. The van der Waals surface area contributed by atoms with Crippen LogP contribution in [0.15, 0.2) is 33.3 Å². The molecule has 0 bridgehead atoms. The molecule has 3 nitrogen and oxygen atoms in total. The molecule has 0 fully saturated rings. The van der Waals surface area contributed by atoms with Crippen LogP contribution in [0.25, 0.3) is 0 Å². The summed E-state index contributed by atoms with van der Waals surface area (Å²) in [5.41, 5.74) is -0.730. The molecule has 0 spiro atoms. The third-order valence-electron chi connectivity index (χ3n) is 2.67. The number of aromatic nitrogens is 1. The van der Waals surface area contributed by atoms with Gasteiger partial charge in [-0.15, -0.1) is 0 Å². The van der Waals surface area contributed by atoms with Crippen molar-refractivity contribution in [2.75, 3.05) is 5.32 Å². The monoisotopic (exact) mass is 348 g/mol. The van der Waals surface area contributed by atoms with E-state index >= 15 is 0 Å². The van der Waals surface area contributed by atoms with Crippen molar-refractivity contribution < 1.29 is 17.6 Å². The van der Waals surface area contributed by atoms with E-state index in [0.29, 0.717) is 22.5 Å². The lowest BCUT2D eigenvalue weighted by molar-refractivity contribution is -0.137. The molecule has 0 saturated carbocycles. The molecule has 0 saturated heterocycles. The van der Waals surface area contributed by atoms with Gasteiger partial charge in [-0.25, -0.2) is 4.98 Å². The average molecular weight is 349 g/mol. The Morgan fingerprint density at radius 1 is 1.35 bits per heavy atom. The highest BCUT2D eigenvalue weighted by Gasteiger charge is 2.33. The highest BCUT2D eigenvalue weighted by molar-refractivity contribution is 9.10. The Hall–Kier alpha value is -1.50. The molecule has 0 aliphatic rings. The van der Waals surface area contributed by atoms with Gasteiger partial charge in [0.15, 0.2) is 0 Å². The summed E-state index contributed by atoms with van der Waals surface area (Å²) in [5, 5.41) is 2.70. The molecule has 1 N–H and O–H groups in total. The molecule has 20 heavy (non-hydrogen) atoms. The first-order valence-corrected chi connectivity index (χ1v) is 6.73. The quantitative estimate of drug-likeness (QED) is 0.875. The van der Waals surface area contributed by atoms with Crippen molar-refractivity contribution in [3.8, 4) is 0 Å². The van der Waals surface area contributed by atoms with Crippen molar-refractivity contribution in [3.05, 3.63) is 46.1 Å². The first-order valence-electron chi connectivity index (χ1n) is 5.94. The first kappa shape index (κ1) is 14.9. The molecule has 7 heteroatoms. The lowest BCUT2D eigenvalue weighted by Crippen LogP contribution is -2.11. The second-order valence-corrected chi connectivity index (χ2v) is 5.03. The molecular weight excluding hydrogens is 337 g/mol. The predicted molar refractivity (Wildman–Crippen MR) is 72.4 cm³/mol. The second-order valence-electron chi connectivity index (χ2n) is 4.12. The predicted octanol–water partition coefficient (Wildman–Crippen LogP) is 4.63. The van der Waals surface area contributed by atoms with Crippen molar-refractivity contribution >= 4 is 21.6 Å². The maximum absolute atomic E-state index is 12.9. The van der Waals surface area contributed by atoms with Crippen LogP contribution in [0.2, 0.25) is 0 Å². The van der Waals surface area contributed by atoms with Crippen molar-refractivity contribution in [2.45, 2.75) is 26.1 Å². The third-order valence-corrected chi connectivity index (χ3v) is 3.16. The Balaban J connectivity index is 2.17. The molecule has 0 atom stereocenters. The zero-order valence-corrected chi connectivity index (χ0v) is 12.2. The van der Waals surface area contributed by atoms with Gasteiger partial charge in [-0.1, -0.05) is 22.9 Å². The number of nitrogens with zero attached hydrogens (tertiary/aromatic N) is 1. The maximum Gasteiger partial charge on any atom is 0.418 e. The highest BCUT2D eigenvalue weighted by Crippen LogP contribution is 2.36. The second kappa shape index (κ2) is 5.87. The van der Waals surface area contributed by atoms with Gasteiger partial charge in [0.05, 0.1) is 18.3 Å². The van der Waals surface area contributed by atoms with Gasteiger partial charge >= 0.3 is 6.18 Å².